The largest absolute Gasteiger partial charge is 0.394 e. The number of rotatable bonds is 5. The van der Waals surface area contributed by atoms with Crippen LogP contribution in [-0.4, -0.2) is 51.5 Å². The lowest BCUT2D eigenvalue weighted by molar-refractivity contribution is -0.00936. The Labute approximate surface area is 123 Å². The lowest BCUT2D eigenvalue weighted by atomic mass is 10.1. The summed E-state index contributed by atoms with van der Waals surface area (Å²) in [5.41, 5.74) is 0.172. The first-order valence-corrected chi connectivity index (χ1v) is 7.23. The number of aromatic nitrogens is 2. The van der Waals surface area contributed by atoms with Crippen LogP contribution in [0.4, 0.5) is 0 Å². The topological polar surface area (TPSA) is 76.7 Å². The fourth-order valence-electron chi connectivity index (χ4n) is 2.61. The third-order valence-corrected chi connectivity index (χ3v) is 3.99. The second-order valence-corrected chi connectivity index (χ2v) is 5.44. The molecule has 0 saturated carbocycles. The van der Waals surface area contributed by atoms with E-state index in [9.17, 15) is 9.59 Å². The molecule has 118 valence electrons. The number of hydrogen-bond acceptors (Lipinski definition) is 5. The van der Waals surface area contributed by atoms with Crippen molar-refractivity contribution in [3.05, 3.63) is 32.6 Å². The molecule has 2 rings (SSSR count). The first-order chi connectivity index (χ1) is 10.0. The number of likely N-dealkylation sites (tertiary alicyclic amines) is 1. The number of hydrogen-bond donors (Lipinski definition) is 1. The second kappa shape index (κ2) is 7.02. The van der Waals surface area contributed by atoms with Crippen molar-refractivity contribution < 1.29 is 9.84 Å². The van der Waals surface area contributed by atoms with Gasteiger partial charge >= 0.3 is 5.69 Å². The Morgan fingerprint density at radius 1 is 1.24 bits per heavy atom. The molecular formula is C14H23N3O4. The fourth-order valence-corrected chi connectivity index (χ4v) is 2.61. The Bertz CT molecular complexity index is 585. The highest BCUT2D eigenvalue weighted by Gasteiger charge is 2.20. The maximum Gasteiger partial charge on any atom is 0.330 e. The van der Waals surface area contributed by atoms with Gasteiger partial charge in [0.25, 0.3) is 5.56 Å². The number of aliphatic hydroxyl groups excluding tert-OH is 1. The molecule has 1 aromatic rings. The van der Waals surface area contributed by atoms with Gasteiger partial charge in [-0.05, 0) is 12.8 Å². The van der Waals surface area contributed by atoms with E-state index in [4.69, 9.17) is 9.84 Å². The summed E-state index contributed by atoms with van der Waals surface area (Å²) in [6.45, 7) is 2.75. The minimum atomic E-state index is -0.293. The van der Waals surface area contributed by atoms with E-state index in [-0.39, 0.29) is 24.0 Å². The van der Waals surface area contributed by atoms with Crippen molar-refractivity contribution in [3.63, 3.8) is 0 Å². The van der Waals surface area contributed by atoms with Gasteiger partial charge in [0.1, 0.15) is 0 Å². The van der Waals surface area contributed by atoms with Gasteiger partial charge in [-0.3, -0.25) is 18.8 Å². The molecule has 0 amide bonds. The van der Waals surface area contributed by atoms with Gasteiger partial charge in [-0.2, -0.15) is 0 Å². The fraction of sp³-hybridized carbons (Fsp3) is 0.714. The summed E-state index contributed by atoms with van der Waals surface area (Å²) in [7, 11) is 3.17. The number of ether oxygens (including phenoxy) is 1. The zero-order valence-electron chi connectivity index (χ0n) is 12.6. The van der Waals surface area contributed by atoms with Gasteiger partial charge in [0.2, 0.25) is 0 Å². The Hall–Kier alpha value is -1.44. The summed E-state index contributed by atoms with van der Waals surface area (Å²) in [6, 6.07) is 1.52. The number of aliphatic hydroxyl groups is 1. The molecule has 1 N–H and O–H groups in total. The zero-order chi connectivity index (χ0) is 15.4. The summed E-state index contributed by atoms with van der Waals surface area (Å²) >= 11 is 0. The van der Waals surface area contributed by atoms with Crippen molar-refractivity contribution in [3.8, 4) is 0 Å². The molecule has 0 bridgehead atoms. The van der Waals surface area contributed by atoms with Gasteiger partial charge in [0, 0.05) is 45.5 Å². The van der Waals surface area contributed by atoms with Crippen LogP contribution in [-0.2, 0) is 25.4 Å². The van der Waals surface area contributed by atoms with E-state index < -0.39 is 0 Å². The summed E-state index contributed by atoms with van der Waals surface area (Å²) in [4.78, 5) is 25.8. The van der Waals surface area contributed by atoms with Crippen LogP contribution in [0.15, 0.2) is 15.7 Å². The van der Waals surface area contributed by atoms with Crippen LogP contribution in [0.2, 0.25) is 0 Å². The van der Waals surface area contributed by atoms with Crippen LogP contribution in [0, 0.1) is 0 Å². The number of piperidine rings is 1. The van der Waals surface area contributed by atoms with Crippen LogP contribution in [0.25, 0.3) is 0 Å². The van der Waals surface area contributed by atoms with Crippen molar-refractivity contribution in [2.45, 2.75) is 25.5 Å². The Morgan fingerprint density at radius 2 is 1.90 bits per heavy atom. The molecule has 0 atom stereocenters. The van der Waals surface area contributed by atoms with Crippen molar-refractivity contribution in [1.29, 1.82) is 0 Å². The Balaban J connectivity index is 1.98. The monoisotopic (exact) mass is 297 g/mol. The molecule has 2 heterocycles. The van der Waals surface area contributed by atoms with E-state index in [0.29, 0.717) is 13.2 Å². The smallest absolute Gasteiger partial charge is 0.330 e. The highest BCUT2D eigenvalue weighted by molar-refractivity contribution is 5.02. The van der Waals surface area contributed by atoms with Crippen LogP contribution in [0.1, 0.15) is 18.5 Å². The van der Waals surface area contributed by atoms with Crippen LogP contribution >= 0.6 is 0 Å². The normalized spacial score (nSPS) is 17.3. The Morgan fingerprint density at radius 3 is 2.52 bits per heavy atom. The van der Waals surface area contributed by atoms with E-state index >= 15 is 0 Å². The first-order valence-electron chi connectivity index (χ1n) is 7.23. The van der Waals surface area contributed by atoms with Crippen molar-refractivity contribution in [1.82, 2.24) is 14.0 Å². The summed E-state index contributed by atoms with van der Waals surface area (Å²) in [5.74, 6) is 0. The maximum atomic E-state index is 11.9. The predicted molar refractivity (Wildman–Crippen MR) is 78.3 cm³/mol. The quantitative estimate of drug-likeness (QED) is 0.759. The molecule has 0 aliphatic carbocycles. The average Bonchev–Trinajstić information content (AvgIpc) is 2.50. The number of nitrogens with zero attached hydrogens (tertiary/aromatic N) is 3. The lowest BCUT2D eigenvalue weighted by Gasteiger charge is -2.32. The van der Waals surface area contributed by atoms with Crippen LogP contribution in [0.3, 0.4) is 0 Å². The molecule has 21 heavy (non-hydrogen) atoms. The van der Waals surface area contributed by atoms with Crippen molar-refractivity contribution in [2.24, 2.45) is 14.1 Å². The molecule has 0 spiro atoms. The van der Waals surface area contributed by atoms with E-state index in [0.717, 1.165) is 36.2 Å². The molecule has 0 unspecified atom stereocenters. The molecule has 0 aromatic carbocycles. The molecule has 1 fully saturated rings. The van der Waals surface area contributed by atoms with Gasteiger partial charge < -0.3 is 9.84 Å². The third-order valence-electron chi connectivity index (χ3n) is 3.99. The Kier molecular flexibility index (Phi) is 5.33. The molecule has 1 saturated heterocycles. The van der Waals surface area contributed by atoms with E-state index in [1.54, 1.807) is 7.05 Å². The first kappa shape index (κ1) is 15.9. The second-order valence-electron chi connectivity index (χ2n) is 5.44. The highest BCUT2D eigenvalue weighted by atomic mass is 16.5. The molecule has 1 aliphatic heterocycles. The SMILES string of the molecule is Cn1c(CN2CCC(OCCO)CC2)cc(=O)n(C)c1=O. The van der Waals surface area contributed by atoms with Gasteiger partial charge in [-0.25, -0.2) is 4.79 Å². The minimum absolute atomic E-state index is 0.0512. The van der Waals surface area contributed by atoms with E-state index in [1.165, 1.54) is 17.7 Å². The van der Waals surface area contributed by atoms with Crippen molar-refractivity contribution in [2.75, 3.05) is 26.3 Å². The predicted octanol–water partition coefficient (Wildman–Crippen LogP) is -0.943. The van der Waals surface area contributed by atoms with Gasteiger partial charge in [-0.15, -0.1) is 0 Å². The lowest BCUT2D eigenvalue weighted by Crippen LogP contribution is -2.41. The molecule has 1 aliphatic rings. The summed E-state index contributed by atoms with van der Waals surface area (Å²) in [6.07, 6.45) is 2.00. The van der Waals surface area contributed by atoms with Crippen molar-refractivity contribution >= 4 is 0 Å². The average molecular weight is 297 g/mol. The molecule has 1 aromatic heterocycles. The standard InChI is InChI=1S/C14H23N3O4/c1-15-11(9-13(19)16(2)14(15)20)10-17-5-3-12(4-6-17)21-8-7-18/h9,12,18H,3-8,10H2,1-2H3. The highest BCUT2D eigenvalue weighted by Crippen LogP contribution is 2.15. The summed E-state index contributed by atoms with van der Waals surface area (Å²) in [5, 5.41) is 8.75. The zero-order valence-corrected chi connectivity index (χ0v) is 12.6. The van der Waals surface area contributed by atoms with Crippen LogP contribution < -0.4 is 11.2 Å². The van der Waals surface area contributed by atoms with Gasteiger partial charge in [0.15, 0.2) is 0 Å². The maximum absolute atomic E-state index is 11.9. The van der Waals surface area contributed by atoms with Gasteiger partial charge in [-0.1, -0.05) is 0 Å². The molecular weight excluding hydrogens is 274 g/mol. The third kappa shape index (κ3) is 3.81. The molecule has 7 heteroatoms. The molecule has 7 nitrogen and oxygen atoms in total. The summed E-state index contributed by atoms with van der Waals surface area (Å²) < 4.78 is 8.16. The van der Waals surface area contributed by atoms with Crippen LogP contribution in [0.5, 0.6) is 0 Å². The minimum Gasteiger partial charge on any atom is -0.394 e. The van der Waals surface area contributed by atoms with E-state index in [2.05, 4.69) is 4.90 Å². The van der Waals surface area contributed by atoms with Gasteiger partial charge in [0.05, 0.1) is 19.3 Å². The van der Waals surface area contributed by atoms with E-state index in [1.807, 2.05) is 0 Å². The molecule has 0 radical (unpaired) electrons.